The molecule has 8 nitrogen and oxygen atoms in total. The number of hydrogen-bond donors (Lipinski definition) is 3. The van der Waals surface area contributed by atoms with Crippen molar-refractivity contribution in [3.8, 4) is 17.0 Å². The molecule has 0 fully saturated rings. The number of rotatable bonds is 7. The van der Waals surface area contributed by atoms with Gasteiger partial charge in [0.25, 0.3) is 0 Å². The van der Waals surface area contributed by atoms with Crippen molar-refractivity contribution in [2.24, 2.45) is 0 Å². The highest BCUT2D eigenvalue weighted by Crippen LogP contribution is 2.26. The smallest absolute Gasteiger partial charge is 0.339 e. The van der Waals surface area contributed by atoms with Gasteiger partial charge >= 0.3 is 5.97 Å². The molecule has 0 aliphatic rings. The molecule has 0 aliphatic carbocycles. The highest BCUT2D eigenvalue weighted by atomic mass is 16.5. The molecule has 4 rings (SSSR count). The number of anilines is 1. The van der Waals surface area contributed by atoms with Gasteiger partial charge in [-0.25, -0.2) is 19.7 Å². The van der Waals surface area contributed by atoms with E-state index in [-0.39, 0.29) is 5.56 Å². The standard InChI is InChI=1S/C21H19N5O3/c1-2-29-18-8-7-13(11-14(18)20(27)28)15-9-10-22-21(26-15)23-12-19-24-16-5-3-4-6-17(16)25-19/h3-11H,2,12H2,1H3,(H,24,25)(H,27,28)(H,22,23,26). The predicted molar refractivity (Wildman–Crippen MR) is 109 cm³/mol. The van der Waals surface area contributed by atoms with Crippen LogP contribution in [0.15, 0.2) is 54.7 Å². The summed E-state index contributed by atoms with van der Waals surface area (Å²) in [5, 5.41) is 12.6. The summed E-state index contributed by atoms with van der Waals surface area (Å²) < 4.78 is 5.39. The van der Waals surface area contributed by atoms with Crippen LogP contribution in [0.3, 0.4) is 0 Å². The lowest BCUT2D eigenvalue weighted by Crippen LogP contribution is -2.06. The van der Waals surface area contributed by atoms with Crippen molar-refractivity contribution in [3.05, 3.63) is 66.1 Å². The second-order valence-electron chi connectivity index (χ2n) is 6.27. The van der Waals surface area contributed by atoms with E-state index < -0.39 is 5.97 Å². The zero-order chi connectivity index (χ0) is 20.2. The largest absolute Gasteiger partial charge is 0.493 e. The molecule has 2 aromatic heterocycles. The molecule has 2 heterocycles. The molecule has 8 heteroatoms. The Kier molecular flexibility index (Phi) is 5.07. The number of nitrogens with one attached hydrogen (secondary N) is 2. The van der Waals surface area contributed by atoms with Gasteiger partial charge in [-0.3, -0.25) is 0 Å². The van der Waals surface area contributed by atoms with Crippen LogP contribution in [0.1, 0.15) is 23.1 Å². The molecule has 0 bridgehead atoms. The van der Waals surface area contributed by atoms with Crippen LogP contribution >= 0.6 is 0 Å². The van der Waals surface area contributed by atoms with Crippen LogP contribution in [-0.2, 0) is 6.54 Å². The number of fused-ring (bicyclic) bond motifs is 1. The number of benzene rings is 2. The van der Waals surface area contributed by atoms with Gasteiger partial charge in [0.15, 0.2) is 0 Å². The molecule has 2 aromatic carbocycles. The third kappa shape index (κ3) is 4.01. The van der Waals surface area contributed by atoms with Crippen LogP contribution < -0.4 is 10.1 Å². The topological polar surface area (TPSA) is 113 Å². The number of H-pyrrole nitrogens is 1. The summed E-state index contributed by atoms with van der Waals surface area (Å²) >= 11 is 0. The Hall–Kier alpha value is -3.94. The van der Waals surface area contributed by atoms with Crippen LogP contribution in [0.4, 0.5) is 5.95 Å². The lowest BCUT2D eigenvalue weighted by Gasteiger charge is -2.10. The average Bonchev–Trinajstić information content (AvgIpc) is 3.16. The van der Waals surface area contributed by atoms with Crippen LogP contribution in [0, 0.1) is 0 Å². The fourth-order valence-electron chi connectivity index (χ4n) is 2.99. The highest BCUT2D eigenvalue weighted by Gasteiger charge is 2.14. The number of carboxylic acids is 1. The predicted octanol–water partition coefficient (Wildman–Crippen LogP) is 3.73. The van der Waals surface area contributed by atoms with Crippen LogP contribution in [-0.4, -0.2) is 37.6 Å². The maximum absolute atomic E-state index is 11.5. The fraction of sp³-hybridized carbons (Fsp3) is 0.143. The first-order chi connectivity index (χ1) is 14.1. The number of ether oxygens (including phenoxy) is 1. The lowest BCUT2D eigenvalue weighted by atomic mass is 10.1. The van der Waals surface area contributed by atoms with Gasteiger partial charge in [0.2, 0.25) is 5.95 Å². The van der Waals surface area contributed by atoms with E-state index in [0.717, 1.165) is 16.9 Å². The zero-order valence-electron chi connectivity index (χ0n) is 15.7. The minimum Gasteiger partial charge on any atom is -0.493 e. The van der Waals surface area contributed by atoms with Gasteiger partial charge in [0, 0.05) is 11.8 Å². The third-order valence-corrected chi connectivity index (χ3v) is 4.31. The normalized spacial score (nSPS) is 10.8. The van der Waals surface area contributed by atoms with E-state index in [0.29, 0.717) is 36.1 Å². The first-order valence-corrected chi connectivity index (χ1v) is 9.15. The Morgan fingerprint density at radius 1 is 1.17 bits per heavy atom. The first kappa shape index (κ1) is 18.4. The molecule has 0 spiro atoms. The van der Waals surface area contributed by atoms with Gasteiger partial charge in [-0.1, -0.05) is 12.1 Å². The van der Waals surface area contributed by atoms with Gasteiger partial charge in [0.1, 0.15) is 17.1 Å². The van der Waals surface area contributed by atoms with Gasteiger partial charge in [-0.05, 0) is 43.3 Å². The van der Waals surface area contributed by atoms with Crippen LogP contribution in [0.2, 0.25) is 0 Å². The molecule has 4 aromatic rings. The van der Waals surface area contributed by atoms with Crippen LogP contribution in [0.25, 0.3) is 22.3 Å². The molecule has 0 amide bonds. The van der Waals surface area contributed by atoms with Gasteiger partial charge in [0.05, 0.1) is 29.9 Å². The number of aromatic carboxylic acids is 1. The Labute approximate surface area is 166 Å². The molecular weight excluding hydrogens is 370 g/mol. The minimum atomic E-state index is -1.05. The maximum Gasteiger partial charge on any atom is 0.339 e. The Bertz CT molecular complexity index is 1140. The summed E-state index contributed by atoms with van der Waals surface area (Å²) in [4.78, 5) is 28.0. The molecular formula is C21H19N5O3. The second kappa shape index (κ2) is 7.97. The molecule has 29 heavy (non-hydrogen) atoms. The second-order valence-corrected chi connectivity index (χ2v) is 6.27. The van der Waals surface area contributed by atoms with Crippen molar-refractivity contribution in [3.63, 3.8) is 0 Å². The van der Waals surface area contributed by atoms with E-state index in [1.54, 1.807) is 30.5 Å². The van der Waals surface area contributed by atoms with Crippen molar-refractivity contribution < 1.29 is 14.6 Å². The average molecular weight is 389 g/mol. The zero-order valence-corrected chi connectivity index (χ0v) is 15.7. The molecule has 0 saturated carbocycles. The number of carbonyl (C=O) groups is 1. The molecule has 0 aliphatic heterocycles. The number of imidazole rings is 1. The van der Waals surface area contributed by atoms with Crippen molar-refractivity contribution in [1.82, 2.24) is 19.9 Å². The summed E-state index contributed by atoms with van der Waals surface area (Å²) in [6, 6.07) is 14.5. The maximum atomic E-state index is 11.5. The molecule has 0 saturated heterocycles. The summed E-state index contributed by atoms with van der Waals surface area (Å²) in [5.74, 6) is 0.483. The Balaban J connectivity index is 1.55. The van der Waals surface area contributed by atoms with Crippen LogP contribution in [0.5, 0.6) is 5.75 Å². The Morgan fingerprint density at radius 2 is 2.03 bits per heavy atom. The number of para-hydroxylation sites is 2. The molecule has 3 N–H and O–H groups in total. The van der Waals surface area contributed by atoms with Crippen molar-refractivity contribution in [1.29, 1.82) is 0 Å². The number of carboxylic acid groups (broad SMARTS) is 1. The van der Waals surface area contributed by atoms with Gasteiger partial charge in [-0.2, -0.15) is 0 Å². The number of nitrogens with zero attached hydrogens (tertiary/aromatic N) is 3. The summed E-state index contributed by atoms with van der Waals surface area (Å²) in [6.45, 7) is 2.63. The lowest BCUT2D eigenvalue weighted by molar-refractivity contribution is 0.0692. The van der Waals surface area contributed by atoms with E-state index in [4.69, 9.17) is 4.74 Å². The van der Waals surface area contributed by atoms with E-state index >= 15 is 0 Å². The van der Waals surface area contributed by atoms with Gasteiger partial charge < -0.3 is 20.1 Å². The van der Waals surface area contributed by atoms with E-state index in [2.05, 4.69) is 25.3 Å². The van der Waals surface area contributed by atoms with Gasteiger partial charge in [-0.15, -0.1) is 0 Å². The molecule has 0 atom stereocenters. The SMILES string of the molecule is CCOc1ccc(-c2ccnc(NCc3nc4ccccc4[nH]3)n2)cc1C(=O)O. The Morgan fingerprint density at radius 3 is 2.83 bits per heavy atom. The van der Waals surface area contributed by atoms with Crippen molar-refractivity contribution >= 4 is 23.0 Å². The van der Waals surface area contributed by atoms with Crippen molar-refractivity contribution in [2.45, 2.75) is 13.5 Å². The number of aromatic nitrogens is 4. The summed E-state index contributed by atoms with van der Waals surface area (Å²) in [5.41, 5.74) is 3.24. The monoisotopic (exact) mass is 389 g/mol. The number of hydrogen-bond acceptors (Lipinski definition) is 6. The fourth-order valence-corrected chi connectivity index (χ4v) is 2.99. The number of aromatic amines is 1. The van der Waals surface area contributed by atoms with E-state index in [9.17, 15) is 9.90 Å². The minimum absolute atomic E-state index is 0.0970. The van der Waals surface area contributed by atoms with E-state index in [1.165, 1.54) is 0 Å². The summed E-state index contributed by atoms with van der Waals surface area (Å²) in [7, 11) is 0. The molecule has 146 valence electrons. The van der Waals surface area contributed by atoms with E-state index in [1.807, 2.05) is 31.2 Å². The first-order valence-electron chi connectivity index (χ1n) is 9.15. The third-order valence-electron chi connectivity index (χ3n) is 4.31. The molecule has 0 radical (unpaired) electrons. The van der Waals surface area contributed by atoms with Crippen molar-refractivity contribution in [2.75, 3.05) is 11.9 Å². The highest BCUT2D eigenvalue weighted by molar-refractivity contribution is 5.92. The quantitative estimate of drug-likeness (QED) is 0.441. The molecule has 0 unspecified atom stereocenters. The summed E-state index contributed by atoms with van der Waals surface area (Å²) in [6.07, 6.45) is 1.63.